The molecule has 0 saturated carbocycles. The van der Waals surface area contributed by atoms with Crippen LogP contribution in [0.25, 0.3) is 5.69 Å². The minimum atomic E-state index is -0.795. The summed E-state index contributed by atoms with van der Waals surface area (Å²) in [6, 6.07) is 7.94. The number of carbonyl (C=O) groups is 1. The highest BCUT2D eigenvalue weighted by Crippen LogP contribution is 2.17. The van der Waals surface area contributed by atoms with E-state index in [4.69, 9.17) is 5.11 Å². The Morgan fingerprint density at radius 2 is 2.11 bits per heavy atom. The van der Waals surface area contributed by atoms with Crippen molar-refractivity contribution in [2.75, 3.05) is 0 Å². The summed E-state index contributed by atoms with van der Waals surface area (Å²) < 4.78 is 1.81. The molecule has 0 radical (unpaired) electrons. The van der Waals surface area contributed by atoms with E-state index < -0.39 is 5.97 Å². The normalized spacial score (nSPS) is 10.6. The summed E-state index contributed by atoms with van der Waals surface area (Å²) in [5.41, 5.74) is 4.25. The maximum atomic E-state index is 10.5. The Bertz CT molecular complexity index is 573. The number of carboxylic acid groups (broad SMARTS) is 1. The predicted molar refractivity (Wildman–Crippen MR) is 69.0 cm³/mol. The van der Waals surface area contributed by atoms with Gasteiger partial charge in [-0.3, -0.25) is 4.79 Å². The third-order valence-electron chi connectivity index (χ3n) is 3.06. The van der Waals surface area contributed by atoms with Gasteiger partial charge in [-0.2, -0.15) is 5.10 Å². The molecule has 4 heteroatoms. The van der Waals surface area contributed by atoms with Crippen molar-refractivity contribution in [3.8, 4) is 5.69 Å². The van der Waals surface area contributed by atoms with E-state index in [2.05, 4.69) is 25.0 Å². The molecular weight excluding hydrogens is 228 g/mol. The molecule has 1 aromatic carbocycles. The molecule has 1 aromatic heterocycles. The maximum absolute atomic E-state index is 10.5. The lowest BCUT2D eigenvalue weighted by molar-refractivity contribution is -0.136. The van der Waals surface area contributed by atoms with E-state index in [0.29, 0.717) is 6.42 Å². The molecule has 0 unspecified atom stereocenters. The van der Waals surface area contributed by atoms with Gasteiger partial charge in [0.05, 0.1) is 17.8 Å². The van der Waals surface area contributed by atoms with Crippen molar-refractivity contribution in [3.63, 3.8) is 0 Å². The number of hydrogen-bond acceptors (Lipinski definition) is 2. The van der Waals surface area contributed by atoms with Crippen molar-refractivity contribution in [1.29, 1.82) is 0 Å². The molecule has 1 N–H and O–H groups in total. The Labute approximate surface area is 106 Å². The number of aliphatic carboxylic acids is 1. The molecule has 0 amide bonds. The van der Waals surface area contributed by atoms with Crippen LogP contribution in [0.5, 0.6) is 0 Å². The maximum Gasteiger partial charge on any atom is 0.303 e. The first-order chi connectivity index (χ1) is 8.58. The van der Waals surface area contributed by atoms with Gasteiger partial charge in [-0.05, 0) is 37.1 Å². The van der Waals surface area contributed by atoms with Gasteiger partial charge < -0.3 is 5.11 Å². The molecule has 0 spiro atoms. The van der Waals surface area contributed by atoms with Gasteiger partial charge in [0.1, 0.15) is 0 Å². The zero-order chi connectivity index (χ0) is 13.1. The largest absolute Gasteiger partial charge is 0.481 e. The number of hydrogen-bond donors (Lipinski definition) is 1. The van der Waals surface area contributed by atoms with Gasteiger partial charge in [0.2, 0.25) is 0 Å². The van der Waals surface area contributed by atoms with Crippen LogP contribution in [0.15, 0.2) is 30.5 Å². The standard InChI is InChI=1S/C14H16N2O2/c1-10-4-3-5-13(11(10)2)16-9-8-12(15-16)6-7-14(17)18/h3-5,8-9H,6-7H2,1-2H3,(H,17,18). The minimum Gasteiger partial charge on any atom is -0.481 e. The van der Waals surface area contributed by atoms with Gasteiger partial charge in [-0.25, -0.2) is 4.68 Å². The molecule has 4 nitrogen and oxygen atoms in total. The number of nitrogens with zero attached hydrogens (tertiary/aromatic N) is 2. The lowest BCUT2D eigenvalue weighted by Gasteiger charge is -2.08. The molecule has 1 heterocycles. The first-order valence-corrected chi connectivity index (χ1v) is 5.91. The molecule has 94 valence electrons. The van der Waals surface area contributed by atoms with E-state index in [-0.39, 0.29) is 6.42 Å². The first-order valence-electron chi connectivity index (χ1n) is 5.91. The molecule has 18 heavy (non-hydrogen) atoms. The lowest BCUT2D eigenvalue weighted by Crippen LogP contribution is -2.02. The van der Waals surface area contributed by atoms with Gasteiger partial charge >= 0.3 is 5.97 Å². The zero-order valence-electron chi connectivity index (χ0n) is 10.6. The Morgan fingerprint density at radius 1 is 1.33 bits per heavy atom. The van der Waals surface area contributed by atoms with E-state index >= 15 is 0 Å². The van der Waals surface area contributed by atoms with E-state index in [1.54, 1.807) is 4.68 Å². The summed E-state index contributed by atoms with van der Waals surface area (Å²) in [6.07, 6.45) is 2.45. The molecule has 0 aliphatic heterocycles. The highest BCUT2D eigenvalue weighted by atomic mass is 16.4. The first kappa shape index (κ1) is 12.4. The molecule has 0 aliphatic rings. The van der Waals surface area contributed by atoms with E-state index in [1.807, 2.05) is 24.4 Å². The van der Waals surface area contributed by atoms with Crippen LogP contribution in [-0.4, -0.2) is 20.9 Å². The van der Waals surface area contributed by atoms with Gasteiger partial charge in [0.25, 0.3) is 0 Å². The van der Waals surface area contributed by atoms with Crippen molar-refractivity contribution >= 4 is 5.97 Å². The fraction of sp³-hybridized carbons (Fsp3) is 0.286. The Hall–Kier alpha value is -2.10. The van der Waals surface area contributed by atoms with E-state index in [0.717, 1.165) is 11.4 Å². The van der Waals surface area contributed by atoms with Gasteiger partial charge in [-0.15, -0.1) is 0 Å². The number of benzene rings is 1. The molecule has 2 aromatic rings. The van der Waals surface area contributed by atoms with Crippen molar-refractivity contribution in [2.24, 2.45) is 0 Å². The van der Waals surface area contributed by atoms with Crippen LogP contribution in [0.3, 0.4) is 0 Å². The van der Waals surface area contributed by atoms with Crippen molar-refractivity contribution < 1.29 is 9.90 Å². The Kier molecular flexibility index (Phi) is 3.46. The molecule has 2 rings (SSSR count). The SMILES string of the molecule is Cc1cccc(-n2ccc(CCC(=O)O)n2)c1C. The average Bonchev–Trinajstić information content (AvgIpc) is 2.78. The van der Waals surface area contributed by atoms with Crippen LogP contribution in [0.4, 0.5) is 0 Å². The van der Waals surface area contributed by atoms with Crippen LogP contribution in [-0.2, 0) is 11.2 Å². The Morgan fingerprint density at radius 3 is 2.83 bits per heavy atom. The quantitative estimate of drug-likeness (QED) is 0.899. The number of carboxylic acids is 1. The van der Waals surface area contributed by atoms with Crippen LogP contribution in [0.2, 0.25) is 0 Å². The molecule has 0 saturated heterocycles. The van der Waals surface area contributed by atoms with E-state index in [1.165, 1.54) is 11.1 Å². The molecule has 0 atom stereocenters. The molecular formula is C14H16N2O2. The smallest absolute Gasteiger partial charge is 0.303 e. The molecule has 0 fully saturated rings. The summed E-state index contributed by atoms with van der Waals surface area (Å²) in [5, 5.41) is 13.1. The third kappa shape index (κ3) is 2.59. The average molecular weight is 244 g/mol. The van der Waals surface area contributed by atoms with Gasteiger partial charge in [0, 0.05) is 12.6 Å². The predicted octanol–water partition coefficient (Wildman–Crippen LogP) is 2.51. The second-order valence-corrected chi connectivity index (χ2v) is 4.36. The molecule has 0 aliphatic carbocycles. The summed E-state index contributed by atoms with van der Waals surface area (Å²) in [7, 11) is 0. The number of aryl methyl sites for hydroxylation is 2. The summed E-state index contributed by atoms with van der Waals surface area (Å²) in [5.74, 6) is -0.795. The lowest BCUT2D eigenvalue weighted by atomic mass is 10.1. The molecule has 0 bridgehead atoms. The zero-order valence-corrected chi connectivity index (χ0v) is 10.6. The highest BCUT2D eigenvalue weighted by molar-refractivity contribution is 5.66. The van der Waals surface area contributed by atoms with Crippen LogP contribution < -0.4 is 0 Å². The van der Waals surface area contributed by atoms with Crippen LogP contribution >= 0.6 is 0 Å². The van der Waals surface area contributed by atoms with Crippen molar-refractivity contribution in [3.05, 3.63) is 47.3 Å². The van der Waals surface area contributed by atoms with Gasteiger partial charge in [0.15, 0.2) is 0 Å². The number of rotatable bonds is 4. The van der Waals surface area contributed by atoms with Crippen LogP contribution in [0.1, 0.15) is 23.2 Å². The van der Waals surface area contributed by atoms with E-state index in [9.17, 15) is 4.79 Å². The van der Waals surface area contributed by atoms with Gasteiger partial charge in [-0.1, -0.05) is 12.1 Å². The fourth-order valence-corrected chi connectivity index (χ4v) is 1.85. The second-order valence-electron chi connectivity index (χ2n) is 4.36. The fourth-order valence-electron chi connectivity index (χ4n) is 1.85. The van der Waals surface area contributed by atoms with Crippen molar-refractivity contribution in [2.45, 2.75) is 26.7 Å². The Balaban J connectivity index is 2.24. The number of aromatic nitrogens is 2. The second kappa shape index (κ2) is 5.04. The summed E-state index contributed by atoms with van der Waals surface area (Å²) in [4.78, 5) is 10.5. The minimum absolute atomic E-state index is 0.115. The summed E-state index contributed by atoms with van der Waals surface area (Å²) >= 11 is 0. The van der Waals surface area contributed by atoms with Crippen molar-refractivity contribution in [1.82, 2.24) is 9.78 Å². The topological polar surface area (TPSA) is 55.1 Å². The summed E-state index contributed by atoms with van der Waals surface area (Å²) in [6.45, 7) is 4.12. The third-order valence-corrected chi connectivity index (χ3v) is 3.06. The monoisotopic (exact) mass is 244 g/mol. The van der Waals surface area contributed by atoms with Crippen LogP contribution in [0, 0.1) is 13.8 Å². The highest BCUT2D eigenvalue weighted by Gasteiger charge is 2.06.